The van der Waals surface area contributed by atoms with E-state index in [1.54, 1.807) is 0 Å². The van der Waals surface area contributed by atoms with Crippen molar-refractivity contribution in [2.75, 3.05) is 13.2 Å². The van der Waals surface area contributed by atoms with E-state index < -0.39 is 0 Å². The molecule has 32 heavy (non-hydrogen) atoms. The zero-order chi connectivity index (χ0) is 22.4. The first-order valence-corrected chi connectivity index (χ1v) is 13.0. The molecule has 3 saturated heterocycles. The van der Waals surface area contributed by atoms with Gasteiger partial charge in [0.15, 0.2) is 12.6 Å². The van der Waals surface area contributed by atoms with Crippen molar-refractivity contribution < 1.29 is 28.5 Å². The Balaban J connectivity index is 1.46. The summed E-state index contributed by atoms with van der Waals surface area (Å²) >= 11 is 0. The normalized spacial score (nSPS) is 37.4. The van der Waals surface area contributed by atoms with Crippen LogP contribution in [-0.2, 0) is 28.5 Å². The molecule has 0 N–H and O–H groups in total. The second-order valence-corrected chi connectivity index (χ2v) is 10.2. The molecule has 7 atom stereocenters. The Labute approximate surface area is 193 Å². The Bertz CT molecular complexity index is 624. The molecule has 3 aliphatic heterocycles. The number of fused-ring (bicyclic) bond motifs is 1. The Morgan fingerprint density at radius 3 is 2.50 bits per heavy atom. The molecule has 0 bridgehead atoms. The summed E-state index contributed by atoms with van der Waals surface area (Å²) in [5, 5.41) is 0. The van der Waals surface area contributed by atoms with Gasteiger partial charge in [0, 0.05) is 31.5 Å². The van der Waals surface area contributed by atoms with E-state index in [2.05, 4.69) is 26.0 Å². The van der Waals surface area contributed by atoms with Crippen molar-refractivity contribution in [3.8, 4) is 0 Å². The van der Waals surface area contributed by atoms with Crippen molar-refractivity contribution in [2.24, 2.45) is 11.8 Å². The number of rotatable bonds is 10. The van der Waals surface area contributed by atoms with Gasteiger partial charge in [-0.05, 0) is 51.9 Å². The highest BCUT2D eigenvalue weighted by Gasteiger charge is 2.50. The van der Waals surface area contributed by atoms with Crippen LogP contribution >= 0.6 is 0 Å². The Morgan fingerprint density at radius 2 is 1.81 bits per heavy atom. The monoisotopic (exact) mass is 450 g/mol. The minimum Gasteiger partial charge on any atom is -0.462 e. The van der Waals surface area contributed by atoms with Crippen LogP contribution in [0.2, 0.25) is 0 Å². The van der Waals surface area contributed by atoms with Gasteiger partial charge in [-0.2, -0.15) is 0 Å². The van der Waals surface area contributed by atoms with Crippen molar-refractivity contribution in [1.29, 1.82) is 0 Å². The summed E-state index contributed by atoms with van der Waals surface area (Å²) in [6.45, 7) is 5.95. The van der Waals surface area contributed by atoms with Crippen LogP contribution in [0.4, 0.5) is 0 Å². The summed E-state index contributed by atoms with van der Waals surface area (Å²) in [4.78, 5) is 12.0. The van der Waals surface area contributed by atoms with Crippen LogP contribution < -0.4 is 0 Å². The molecule has 0 aromatic rings. The number of unbranched alkanes of at least 4 members (excludes halogenated alkanes) is 2. The predicted octanol–water partition coefficient (Wildman–Crippen LogP) is 5.29. The molecule has 6 heteroatoms. The molecule has 0 aromatic heterocycles. The van der Waals surface area contributed by atoms with E-state index in [4.69, 9.17) is 23.7 Å². The topological polar surface area (TPSA) is 63.2 Å². The fourth-order valence-corrected chi connectivity index (χ4v) is 5.65. The van der Waals surface area contributed by atoms with Crippen LogP contribution in [0, 0.1) is 11.8 Å². The van der Waals surface area contributed by atoms with Crippen molar-refractivity contribution in [3.05, 3.63) is 12.2 Å². The van der Waals surface area contributed by atoms with Gasteiger partial charge in [0.25, 0.3) is 0 Å². The smallest absolute Gasteiger partial charge is 0.306 e. The SMILES string of the molecule is CCCCCC(C)(/C=C/[C@@H]1[C@H]2CC(=O)O[C@H]2C[C@H]1OC1CCCCO1)OC1CCCCO1. The highest BCUT2D eigenvalue weighted by atomic mass is 16.7. The lowest BCUT2D eigenvalue weighted by molar-refractivity contribution is -0.208. The average molecular weight is 451 g/mol. The second-order valence-electron chi connectivity index (χ2n) is 10.2. The Hall–Kier alpha value is -0.950. The van der Waals surface area contributed by atoms with Crippen LogP contribution in [0.15, 0.2) is 12.2 Å². The van der Waals surface area contributed by atoms with Gasteiger partial charge in [-0.3, -0.25) is 4.79 Å². The summed E-state index contributed by atoms with van der Waals surface area (Å²) < 4.78 is 30.3. The molecule has 6 nitrogen and oxygen atoms in total. The van der Waals surface area contributed by atoms with E-state index in [0.29, 0.717) is 6.42 Å². The van der Waals surface area contributed by atoms with Crippen LogP contribution in [0.3, 0.4) is 0 Å². The zero-order valence-corrected chi connectivity index (χ0v) is 20.0. The van der Waals surface area contributed by atoms with E-state index in [1.165, 1.54) is 12.8 Å². The summed E-state index contributed by atoms with van der Waals surface area (Å²) in [6, 6.07) is 0. The molecule has 1 saturated carbocycles. The fraction of sp³-hybridized carbons (Fsp3) is 0.885. The maximum Gasteiger partial charge on any atom is 0.306 e. The van der Waals surface area contributed by atoms with Gasteiger partial charge in [0.2, 0.25) is 0 Å². The number of esters is 1. The van der Waals surface area contributed by atoms with Crippen molar-refractivity contribution >= 4 is 5.97 Å². The number of hydrogen-bond acceptors (Lipinski definition) is 6. The molecular formula is C26H42O6. The molecule has 0 aromatic carbocycles. The van der Waals surface area contributed by atoms with Crippen LogP contribution in [-0.4, -0.2) is 49.6 Å². The highest BCUT2D eigenvalue weighted by Crippen LogP contribution is 2.44. The van der Waals surface area contributed by atoms with E-state index in [9.17, 15) is 4.79 Å². The van der Waals surface area contributed by atoms with Crippen LogP contribution in [0.25, 0.3) is 0 Å². The van der Waals surface area contributed by atoms with Crippen LogP contribution in [0.5, 0.6) is 0 Å². The maximum absolute atomic E-state index is 12.0. The minimum absolute atomic E-state index is 0.0169. The van der Waals surface area contributed by atoms with Gasteiger partial charge in [0.1, 0.15) is 6.10 Å². The number of carbonyl (C=O) groups excluding carboxylic acids is 1. The Morgan fingerprint density at radius 1 is 1.06 bits per heavy atom. The lowest BCUT2D eigenvalue weighted by Gasteiger charge is -2.34. The number of carbonyl (C=O) groups is 1. The number of hydrogen-bond donors (Lipinski definition) is 0. The van der Waals surface area contributed by atoms with Crippen molar-refractivity contribution in [3.63, 3.8) is 0 Å². The van der Waals surface area contributed by atoms with Gasteiger partial charge in [0.05, 0.1) is 18.1 Å². The fourth-order valence-electron chi connectivity index (χ4n) is 5.65. The second kappa shape index (κ2) is 11.5. The molecule has 0 spiro atoms. The molecule has 182 valence electrons. The molecule has 3 heterocycles. The molecule has 4 rings (SSSR count). The third-order valence-corrected chi connectivity index (χ3v) is 7.50. The van der Waals surface area contributed by atoms with Gasteiger partial charge in [-0.25, -0.2) is 0 Å². The van der Waals surface area contributed by atoms with E-state index in [1.807, 2.05) is 0 Å². The van der Waals surface area contributed by atoms with E-state index >= 15 is 0 Å². The van der Waals surface area contributed by atoms with Crippen molar-refractivity contribution in [1.82, 2.24) is 0 Å². The molecule has 3 unspecified atom stereocenters. The standard InChI is InChI=1S/C26H42O6/c1-3-4-7-13-26(2,32-25-11-6-9-16-29-25)14-12-19-20-17-23(27)30-22(20)18-21(19)31-24-10-5-8-15-28-24/h12,14,19-22,24-25H,3-11,13,15-18H2,1-2H3/b14-12+/t19-,20-,21-,22+,24?,25?,26?/m1/s1. The third-order valence-electron chi connectivity index (χ3n) is 7.50. The molecule has 0 radical (unpaired) electrons. The van der Waals surface area contributed by atoms with Gasteiger partial charge in [-0.1, -0.05) is 38.3 Å². The summed E-state index contributed by atoms with van der Waals surface area (Å²) in [5.41, 5.74) is -0.384. The summed E-state index contributed by atoms with van der Waals surface area (Å²) in [7, 11) is 0. The maximum atomic E-state index is 12.0. The van der Waals surface area contributed by atoms with Gasteiger partial charge >= 0.3 is 5.97 Å². The lowest BCUT2D eigenvalue weighted by atomic mass is 9.88. The van der Waals surface area contributed by atoms with Gasteiger partial charge in [-0.15, -0.1) is 0 Å². The predicted molar refractivity (Wildman–Crippen MR) is 121 cm³/mol. The summed E-state index contributed by atoms with van der Waals surface area (Å²) in [5.74, 6) is 0.236. The highest BCUT2D eigenvalue weighted by molar-refractivity contribution is 5.72. The number of ether oxygens (including phenoxy) is 5. The average Bonchev–Trinajstić information content (AvgIpc) is 3.29. The first kappa shape index (κ1) is 24.2. The first-order valence-electron chi connectivity index (χ1n) is 13.0. The largest absolute Gasteiger partial charge is 0.462 e. The van der Waals surface area contributed by atoms with E-state index in [0.717, 1.165) is 71.0 Å². The van der Waals surface area contributed by atoms with Crippen LogP contribution in [0.1, 0.15) is 90.9 Å². The molecule has 4 fully saturated rings. The molecule has 1 aliphatic carbocycles. The quantitative estimate of drug-likeness (QED) is 0.256. The van der Waals surface area contributed by atoms with Gasteiger partial charge < -0.3 is 23.7 Å². The lowest BCUT2D eigenvalue weighted by Crippen LogP contribution is -2.36. The third kappa shape index (κ3) is 6.34. The molecule has 0 amide bonds. The zero-order valence-electron chi connectivity index (χ0n) is 20.0. The summed E-state index contributed by atoms with van der Waals surface area (Å²) in [6.07, 6.45) is 16.3. The molecule has 4 aliphatic rings. The first-order chi connectivity index (χ1) is 15.6. The Kier molecular flexibility index (Phi) is 8.66. The molecular weight excluding hydrogens is 408 g/mol. The van der Waals surface area contributed by atoms with Crippen molar-refractivity contribution in [2.45, 2.75) is 121 Å². The minimum atomic E-state index is -0.384. The van der Waals surface area contributed by atoms with E-state index in [-0.39, 0.29) is 48.2 Å².